The SMILES string of the molecule is CC(=O)Oc1ccccc1C(=O)O.CN1C[C@H](C(=O)N[C@]2(C)O[C@@]3(O)[C@@H]4CCCN4C(=O)[C@H](Cc4ccccc4)N3C2=O)C[C@@H]2c3cccc4[nH]cc(c34)C[C@H]21.CS(=O)(=O)O. The van der Waals surface area contributed by atoms with Crippen LogP contribution in [0.25, 0.3) is 10.9 Å². The van der Waals surface area contributed by atoms with Crippen LogP contribution in [0, 0.1) is 5.92 Å². The summed E-state index contributed by atoms with van der Waals surface area (Å²) in [7, 11) is -1.61. The van der Waals surface area contributed by atoms with Crippen molar-refractivity contribution in [3.8, 4) is 5.75 Å². The summed E-state index contributed by atoms with van der Waals surface area (Å²) in [6, 6.07) is 20.4. The van der Waals surface area contributed by atoms with Gasteiger partial charge in [0.15, 0.2) is 0 Å². The molecule has 1 aliphatic carbocycles. The Morgan fingerprint density at radius 1 is 1.03 bits per heavy atom. The zero-order valence-corrected chi connectivity index (χ0v) is 34.9. The van der Waals surface area contributed by atoms with E-state index in [1.165, 1.54) is 47.4 Å². The number of para-hydroxylation sites is 1. The molecule has 17 nitrogen and oxygen atoms in total. The van der Waals surface area contributed by atoms with Crippen LogP contribution in [0.2, 0.25) is 0 Å². The fraction of sp³-hybridized carbons (Fsp3) is 0.419. The van der Waals surface area contributed by atoms with Crippen LogP contribution in [-0.4, -0.2) is 129 Å². The lowest BCUT2D eigenvalue weighted by molar-refractivity contribution is -0.315. The number of hydrogen-bond acceptors (Lipinski definition) is 11. The molecular formula is C43H49N5O12S. The Labute approximate surface area is 352 Å². The number of nitrogens with one attached hydrogen (secondary N) is 2. The van der Waals surface area contributed by atoms with Gasteiger partial charge in [-0.2, -0.15) is 8.42 Å². The first-order chi connectivity index (χ1) is 28.8. The number of carboxylic acid groups (broad SMARTS) is 1. The minimum Gasteiger partial charge on any atom is -0.478 e. The molecule has 3 amide bonds. The lowest BCUT2D eigenvalue weighted by atomic mass is 9.72. The number of benzene rings is 3. The molecular weight excluding hydrogens is 811 g/mol. The minimum absolute atomic E-state index is 0.0160. The number of ether oxygens (including phenoxy) is 2. The minimum atomic E-state index is -3.67. The van der Waals surface area contributed by atoms with E-state index in [0.717, 1.165) is 17.5 Å². The molecule has 0 saturated carbocycles. The summed E-state index contributed by atoms with van der Waals surface area (Å²) in [5.41, 5.74) is 2.73. The molecule has 3 aromatic carbocycles. The van der Waals surface area contributed by atoms with Crippen molar-refractivity contribution in [2.45, 2.75) is 81.6 Å². The molecule has 7 atom stereocenters. The Kier molecular flexibility index (Phi) is 11.9. The average molecular weight is 860 g/mol. The number of carboxylic acids is 1. The summed E-state index contributed by atoms with van der Waals surface area (Å²) in [4.78, 5) is 71.6. The van der Waals surface area contributed by atoms with Gasteiger partial charge < -0.3 is 35.1 Å². The second-order valence-corrected chi connectivity index (χ2v) is 17.8. The third-order valence-electron chi connectivity index (χ3n) is 12.0. The Morgan fingerprint density at radius 2 is 1.72 bits per heavy atom. The van der Waals surface area contributed by atoms with Gasteiger partial charge in [0.25, 0.3) is 21.9 Å². The molecule has 4 aliphatic heterocycles. The largest absolute Gasteiger partial charge is 0.478 e. The number of aromatic nitrogens is 1. The predicted molar refractivity (Wildman–Crippen MR) is 220 cm³/mol. The topological polar surface area (TPSA) is 236 Å². The number of piperidine rings is 1. The first-order valence-electron chi connectivity index (χ1n) is 19.9. The van der Waals surface area contributed by atoms with Gasteiger partial charge in [0.1, 0.15) is 23.4 Å². The van der Waals surface area contributed by atoms with Gasteiger partial charge >= 0.3 is 11.9 Å². The zero-order chi connectivity index (χ0) is 44.0. The molecule has 18 heteroatoms. The van der Waals surface area contributed by atoms with E-state index in [9.17, 15) is 37.5 Å². The van der Waals surface area contributed by atoms with Crippen LogP contribution in [-0.2, 0) is 46.9 Å². The Hall–Kier alpha value is -5.66. The number of carbonyl (C=O) groups is 5. The van der Waals surface area contributed by atoms with Gasteiger partial charge in [-0.3, -0.25) is 33.4 Å². The number of piperazine rings is 1. The first kappa shape index (κ1) is 43.4. The molecule has 4 aromatic rings. The number of likely N-dealkylation sites (N-methyl/N-ethyl adjacent to an activating group) is 1. The molecule has 9 rings (SSSR count). The molecule has 1 aromatic heterocycles. The van der Waals surface area contributed by atoms with E-state index in [2.05, 4.69) is 51.4 Å². The summed E-state index contributed by atoms with van der Waals surface area (Å²) in [5.74, 6) is -4.89. The monoisotopic (exact) mass is 859 g/mol. The smallest absolute Gasteiger partial charge is 0.339 e. The number of amides is 3. The number of likely N-dealkylation sites (tertiary alicyclic amines) is 1. The van der Waals surface area contributed by atoms with Gasteiger partial charge in [0.2, 0.25) is 17.5 Å². The van der Waals surface area contributed by atoms with E-state index in [4.69, 9.17) is 14.4 Å². The maximum atomic E-state index is 14.2. The quantitative estimate of drug-likeness (QED) is 0.107. The van der Waals surface area contributed by atoms with E-state index < -0.39 is 51.7 Å². The van der Waals surface area contributed by atoms with E-state index in [1.54, 1.807) is 17.0 Å². The maximum absolute atomic E-state index is 14.2. The third kappa shape index (κ3) is 8.63. The molecule has 61 heavy (non-hydrogen) atoms. The molecule has 0 spiro atoms. The lowest BCUT2D eigenvalue weighted by Gasteiger charge is -2.48. The van der Waals surface area contributed by atoms with Gasteiger partial charge in [0.05, 0.1) is 12.2 Å². The molecule has 5 aliphatic rings. The van der Waals surface area contributed by atoms with Gasteiger partial charge in [0, 0.05) is 55.5 Å². The number of H-pyrrole nitrogens is 1. The van der Waals surface area contributed by atoms with Crippen molar-refractivity contribution in [1.82, 2.24) is 25.0 Å². The number of carbonyl (C=O) groups excluding carboxylic acids is 4. The van der Waals surface area contributed by atoms with Gasteiger partial charge in [-0.05, 0) is 74.5 Å². The first-order valence-corrected chi connectivity index (χ1v) is 21.8. The number of esters is 1. The molecule has 0 unspecified atom stereocenters. The van der Waals surface area contributed by atoms with Gasteiger partial charge in [-0.1, -0.05) is 54.6 Å². The van der Waals surface area contributed by atoms with E-state index in [0.29, 0.717) is 38.6 Å². The van der Waals surface area contributed by atoms with Crippen molar-refractivity contribution in [3.05, 3.63) is 101 Å². The number of fused-ring (bicyclic) bond motifs is 5. The number of nitrogens with zero attached hydrogens (tertiary/aromatic N) is 3. The number of aromatic amines is 1. The number of aromatic carboxylic acids is 1. The highest BCUT2D eigenvalue weighted by Crippen LogP contribution is 2.47. The molecule has 4 saturated heterocycles. The zero-order valence-electron chi connectivity index (χ0n) is 34.1. The fourth-order valence-electron chi connectivity index (χ4n) is 9.54. The van der Waals surface area contributed by atoms with Crippen LogP contribution in [0.3, 0.4) is 0 Å². The van der Waals surface area contributed by atoms with Crippen molar-refractivity contribution in [2.75, 3.05) is 26.4 Å². The summed E-state index contributed by atoms with van der Waals surface area (Å²) in [6.07, 6.45) is 5.84. The molecule has 5 heterocycles. The van der Waals surface area contributed by atoms with Crippen molar-refractivity contribution < 1.29 is 56.6 Å². The molecule has 5 N–H and O–H groups in total. The van der Waals surface area contributed by atoms with Crippen LogP contribution in [0.5, 0.6) is 5.75 Å². The highest BCUT2D eigenvalue weighted by atomic mass is 32.2. The number of hydrogen-bond donors (Lipinski definition) is 5. The van der Waals surface area contributed by atoms with E-state index >= 15 is 0 Å². The Morgan fingerprint density at radius 3 is 2.41 bits per heavy atom. The average Bonchev–Trinajstić information content (AvgIpc) is 3.91. The summed E-state index contributed by atoms with van der Waals surface area (Å²) >= 11 is 0. The van der Waals surface area contributed by atoms with Gasteiger partial charge in [-0.25, -0.2) is 4.79 Å². The van der Waals surface area contributed by atoms with Crippen molar-refractivity contribution in [2.24, 2.45) is 5.92 Å². The molecule has 0 radical (unpaired) electrons. The number of aliphatic hydroxyl groups is 1. The normalized spacial score (nSPS) is 27.7. The predicted octanol–water partition coefficient (Wildman–Crippen LogP) is 2.90. The van der Waals surface area contributed by atoms with Crippen LogP contribution < -0.4 is 10.1 Å². The number of rotatable bonds is 6. The Bertz CT molecular complexity index is 2470. The fourth-order valence-corrected chi connectivity index (χ4v) is 9.54. The lowest BCUT2D eigenvalue weighted by Crippen LogP contribution is -2.71. The molecule has 0 bridgehead atoms. The standard InChI is InChI=1S/C33H37N5O5.C9H8O4.CH4O3S/c1-32(35-29(39)21-15-23-22-10-6-11-24-28(22)20(17-34-24)16-25(23)36(2)18-21)31(41)38-26(14-19-8-4-3-5-9-19)30(40)37-13-7-12-27(37)33(38,42)43-32;1-6(10)13-8-5-3-2-4-7(8)9(11)12;1-5(2,3)4/h3-6,8-11,17,21,23,25-27,34,42H,7,12-16,18H2,1-2H3,(H,35,39);2-5H,1H3,(H,11,12);1H3,(H,2,3,4)/t21-,23-,25-,26+,27+,32-,33+;;/m1../s1. The summed E-state index contributed by atoms with van der Waals surface area (Å²) in [6.45, 7) is 3.78. The van der Waals surface area contributed by atoms with E-state index in [-0.39, 0.29) is 47.4 Å². The van der Waals surface area contributed by atoms with E-state index in [1.807, 2.05) is 30.3 Å². The third-order valence-corrected chi connectivity index (χ3v) is 12.0. The highest BCUT2D eigenvalue weighted by Gasteiger charge is 2.70. The van der Waals surface area contributed by atoms with Crippen LogP contribution in [0.15, 0.2) is 79.0 Å². The van der Waals surface area contributed by atoms with Crippen molar-refractivity contribution in [3.63, 3.8) is 0 Å². The van der Waals surface area contributed by atoms with Crippen LogP contribution in [0.1, 0.15) is 66.1 Å². The maximum Gasteiger partial charge on any atom is 0.339 e. The van der Waals surface area contributed by atoms with Gasteiger partial charge in [-0.15, -0.1) is 0 Å². The summed E-state index contributed by atoms with van der Waals surface area (Å²) < 4.78 is 36.8. The van der Waals surface area contributed by atoms with Crippen molar-refractivity contribution in [1.29, 1.82) is 0 Å². The second-order valence-electron chi connectivity index (χ2n) is 16.3. The summed E-state index contributed by atoms with van der Waals surface area (Å²) in [5, 5.41) is 24.9. The van der Waals surface area contributed by atoms with Crippen LogP contribution >= 0.6 is 0 Å². The second kappa shape index (κ2) is 16.7. The molecule has 4 fully saturated rings. The molecule has 324 valence electrons. The van der Waals surface area contributed by atoms with Crippen LogP contribution in [0.4, 0.5) is 0 Å². The van der Waals surface area contributed by atoms with Crippen molar-refractivity contribution >= 4 is 50.7 Å². The Balaban J connectivity index is 0.000000261. The highest BCUT2D eigenvalue weighted by molar-refractivity contribution is 7.85.